The molecular formula is C10H20FN. The number of rotatable bonds is 0. The molecule has 0 aliphatic carbocycles. The van der Waals surface area contributed by atoms with E-state index in [1.54, 1.807) is 6.92 Å². The predicted molar refractivity (Wildman–Crippen MR) is 50.0 cm³/mol. The molecule has 2 unspecified atom stereocenters. The van der Waals surface area contributed by atoms with Gasteiger partial charge in [-0.3, -0.25) is 4.90 Å². The Kier molecular flexibility index (Phi) is 2.24. The lowest BCUT2D eigenvalue weighted by Gasteiger charge is -2.31. The van der Waals surface area contributed by atoms with E-state index in [2.05, 4.69) is 25.7 Å². The summed E-state index contributed by atoms with van der Waals surface area (Å²) < 4.78 is 13.7. The topological polar surface area (TPSA) is 3.24 Å². The third kappa shape index (κ3) is 1.79. The van der Waals surface area contributed by atoms with Crippen molar-refractivity contribution in [2.24, 2.45) is 5.92 Å². The van der Waals surface area contributed by atoms with Crippen molar-refractivity contribution in [3.05, 3.63) is 0 Å². The number of hydrogen-bond donors (Lipinski definition) is 0. The van der Waals surface area contributed by atoms with Crippen molar-refractivity contribution in [1.29, 1.82) is 0 Å². The molecule has 0 spiro atoms. The van der Waals surface area contributed by atoms with E-state index in [0.717, 1.165) is 6.54 Å². The second-order valence-electron chi connectivity index (χ2n) is 5.23. The predicted octanol–water partition coefficient (Wildman–Crippen LogP) is 2.46. The van der Waals surface area contributed by atoms with E-state index < -0.39 is 5.67 Å². The van der Waals surface area contributed by atoms with E-state index in [0.29, 0.717) is 6.54 Å². The van der Waals surface area contributed by atoms with Crippen LogP contribution in [0.1, 0.15) is 34.6 Å². The molecule has 0 aromatic carbocycles. The molecule has 1 aliphatic rings. The summed E-state index contributed by atoms with van der Waals surface area (Å²) >= 11 is 0. The van der Waals surface area contributed by atoms with Crippen LogP contribution in [0.2, 0.25) is 0 Å². The zero-order valence-corrected chi connectivity index (χ0v) is 8.82. The monoisotopic (exact) mass is 173 g/mol. The molecule has 0 amide bonds. The van der Waals surface area contributed by atoms with Gasteiger partial charge in [-0.25, -0.2) is 4.39 Å². The van der Waals surface area contributed by atoms with Crippen LogP contribution < -0.4 is 0 Å². The number of halogens is 1. The van der Waals surface area contributed by atoms with E-state index in [4.69, 9.17) is 0 Å². The maximum Gasteiger partial charge on any atom is 0.124 e. The molecule has 1 saturated heterocycles. The molecule has 72 valence electrons. The first-order valence-electron chi connectivity index (χ1n) is 4.67. The normalized spacial score (nSPS) is 39.0. The Balaban J connectivity index is 2.67. The van der Waals surface area contributed by atoms with Gasteiger partial charge in [0.2, 0.25) is 0 Å². The van der Waals surface area contributed by atoms with Crippen LogP contribution >= 0.6 is 0 Å². The summed E-state index contributed by atoms with van der Waals surface area (Å²) in [6.07, 6.45) is 0. The van der Waals surface area contributed by atoms with Gasteiger partial charge in [0.15, 0.2) is 0 Å². The number of likely N-dealkylation sites (tertiary alicyclic amines) is 1. The van der Waals surface area contributed by atoms with Gasteiger partial charge in [0, 0.05) is 24.5 Å². The van der Waals surface area contributed by atoms with Gasteiger partial charge in [0.25, 0.3) is 0 Å². The van der Waals surface area contributed by atoms with E-state index in [-0.39, 0.29) is 11.5 Å². The van der Waals surface area contributed by atoms with Crippen LogP contribution in [0.5, 0.6) is 0 Å². The molecular weight excluding hydrogens is 153 g/mol. The van der Waals surface area contributed by atoms with Gasteiger partial charge in [-0.1, -0.05) is 6.92 Å². The molecule has 0 aromatic rings. The van der Waals surface area contributed by atoms with Gasteiger partial charge in [-0.2, -0.15) is 0 Å². The SMILES string of the molecule is CC1CN(C(C)(C)C)CC1(C)F. The molecule has 0 aromatic heterocycles. The van der Waals surface area contributed by atoms with Crippen molar-refractivity contribution in [2.75, 3.05) is 13.1 Å². The maximum absolute atomic E-state index is 13.7. The quantitative estimate of drug-likeness (QED) is 0.544. The fourth-order valence-electron chi connectivity index (χ4n) is 1.63. The first kappa shape index (κ1) is 9.97. The van der Waals surface area contributed by atoms with Crippen LogP contribution in [-0.4, -0.2) is 29.2 Å². The van der Waals surface area contributed by atoms with Gasteiger partial charge >= 0.3 is 0 Å². The maximum atomic E-state index is 13.7. The average Bonchev–Trinajstić information content (AvgIpc) is 2.06. The Bertz CT molecular complexity index is 169. The van der Waals surface area contributed by atoms with E-state index in [1.165, 1.54) is 0 Å². The van der Waals surface area contributed by atoms with E-state index in [1.807, 2.05) is 6.92 Å². The zero-order valence-electron chi connectivity index (χ0n) is 8.82. The molecule has 2 heteroatoms. The van der Waals surface area contributed by atoms with Crippen LogP contribution in [0, 0.1) is 5.92 Å². The summed E-state index contributed by atoms with van der Waals surface area (Å²) in [5.74, 6) is 0.164. The highest BCUT2D eigenvalue weighted by molar-refractivity contribution is 4.96. The minimum atomic E-state index is -0.993. The number of alkyl halides is 1. The number of nitrogens with zero attached hydrogens (tertiary/aromatic N) is 1. The highest BCUT2D eigenvalue weighted by Crippen LogP contribution is 2.34. The smallest absolute Gasteiger partial charge is 0.124 e. The summed E-state index contributed by atoms with van der Waals surface area (Å²) in [7, 11) is 0. The molecule has 1 nitrogen and oxygen atoms in total. The largest absolute Gasteiger partial charge is 0.295 e. The summed E-state index contributed by atoms with van der Waals surface area (Å²) in [6, 6.07) is 0. The van der Waals surface area contributed by atoms with Crippen LogP contribution in [0.15, 0.2) is 0 Å². The van der Waals surface area contributed by atoms with Crippen molar-refractivity contribution < 1.29 is 4.39 Å². The first-order valence-corrected chi connectivity index (χ1v) is 4.67. The summed E-state index contributed by atoms with van der Waals surface area (Å²) in [4.78, 5) is 2.22. The van der Waals surface area contributed by atoms with Gasteiger partial charge < -0.3 is 0 Å². The lowest BCUT2D eigenvalue weighted by atomic mass is 9.97. The van der Waals surface area contributed by atoms with E-state index in [9.17, 15) is 4.39 Å². The molecule has 1 fully saturated rings. The molecule has 1 aliphatic heterocycles. The molecule has 0 radical (unpaired) electrons. The van der Waals surface area contributed by atoms with Crippen molar-refractivity contribution in [3.63, 3.8) is 0 Å². The lowest BCUT2D eigenvalue weighted by Crippen LogP contribution is -2.41. The highest BCUT2D eigenvalue weighted by atomic mass is 19.1. The van der Waals surface area contributed by atoms with Crippen molar-refractivity contribution >= 4 is 0 Å². The Morgan fingerprint density at radius 1 is 1.42 bits per heavy atom. The second kappa shape index (κ2) is 2.69. The average molecular weight is 173 g/mol. The van der Waals surface area contributed by atoms with Gasteiger partial charge in [-0.15, -0.1) is 0 Å². The van der Waals surface area contributed by atoms with Crippen molar-refractivity contribution in [2.45, 2.75) is 45.8 Å². The molecule has 12 heavy (non-hydrogen) atoms. The van der Waals surface area contributed by atoms with Gasteiger partial charge in [0.1, 0.15) is 5.67 Å². The second-order valence-corrected chi connectivity index (χ2v) is 5.23. The highest BCUT2D eigenvalue weighted by Gasteiger charge is 2.43. The van der Waals surface area contributed by atoms with Crippen LogP contribution in [-0.2, 0) is 0 Å². The molecule has 0 bridgehead atoms. The standard InChI is InChI=1S/C10H20FN/c1-8-6-12(9(2,3)4)7-10(8,5)11/h8H,6-7H2,1-5H3. The first-order chi connectivity index (χ1) is 5.23. The minimum Gasteiger partial charge on any atom is -0.295 e. The Labute approximate surface area is 74.9 Å². The lowest BCUT2D eigenvalue weighted by molar-refractivity contribution is 0.122. The van der Waals surface area contributed by atoms with Crippen molar-refractivity contribution in [1.82, 2.24) is 4.90 Å². The summed E-state index contributed by atoms with van der Waals surface area (Å²) in [5.41, 5.74) is -0.884. The third-order valence-electron chi connectivity index (χ3n) is 2.97. The summed E-state index contributed by atoms with van der Waals surface area (Å²) in [5, 5.41) is 0. The van der Waals surface area contributed by atoms with Crippen LogP contribution in [0.4, 0.5) is 4.39 Å². The molecule has 1 rings (SSSR count). The van der Waals surface area contributed by atoms with Gasteiger partial charge in [-0.05, 0) is 27.7 Å². The fourth-order valence-corrected chi connectivity index (χ4v) is 1.63. The summed E-state index contributed by atoms with van der Waals surface area (Å²) in [6.45, 7) is 11.6. The number of hydrogen-bond acceptors (Lipinski definition) is 1. The molecule has 2 atom stereocenters. The zero-order chi connectivity index (χ0) is 9.57. The Morgan fingerprint density at radius 3 is 2.08 bits per heavy atom. The molecule has 0 saturated carbocycles. The van der Waals surface area contributed by atoms with E-state index >= 15 is 0 Å². The fraction of sp³-hybridized carbons (Fsp3) is 1.00. The van der Waals surface area contributed by atoms with Gasteiger partial charge in [0.05, 0.1) is 0 Å². The van der Waals surface area contributed by atoms with Crippen LogP contribution in [0.3, 0.4) is 0 Å². The molecule has 1 heterocycles. The minimum absolute atomic E-state index is 0.109. The Hall–Kier alpha value is -0.110. The van der Waals surface area contributed by atoms with Crippen molar-refractivity contribution in [3.8, 4) is 0 Å². The molecule has 0 N–H and O–H groups in total. The van der Waals surface area contributed by atoms with Crippen LogP contribution in [0.25, 0.3) is 0 Å². The Morgan fingerprint density at radius 2 is 1.92 bits per heavy atom. The third-order valence-corrected chi connectivity index (χ3v) is 2.97.